The van der Waals surface area contributed by atoms with Crippen molar-refractivity contribution in [1.82, 2.24) is 9.55 Å². The lowest BCUT2D eigenvalue weighted by atomic mass is 10.2. The van der Waals surface area contributed by atoms with E-state index >= 15 is 0 Å². The van der Waals surface area contributed by atoms with Crippen LogP contribution in [0.4, 0.5) is 0 Å². The molecule has 2 N–H and O–H groups in total. The summed E-state index contributed by atoms with van der Waals surface area (Å²) in [5.74, 6) is 0. The molecule has 1 heterocycles. The second kappa shape index (κ2) is 5.78. The summed E-state index contributed by atoms with van der Waals surface area (Å²) in [6.07, 6.45) is 5.85. The fourth-order valence-corrected chi connectivity index (χ4v) is 1.43. The zero-order chi connectivity index (χ0) is 10.4. The summed E-state index contributed by atoms with van der Waals surface area (Å²) in [5, 5.41) is 0. The summed E-state index contributed by atoms with van der Waals surface area (Å²) >= 11 is 0. The molecule has 0 bridgehead atoms. The Hall–Kier alpha value is -0.870. The summed E-state index contributed by atoms with van der Waals surface area (Å²) in [5.41, 5.74) is 6.90. The predicted molar refractivity (Wildman–Crippen MR) is 55.9 cm³/mol. The molecule has 0 fully saturated rings. The van der Waals surface area contributed by atoms with Gasteiger partial charge >= 0.3 is 0 Å². The molecular formula is C10H19N3O. The molecule has 14 heavy (non-hydrogen) atoms. The monoisotopic (exact) mass is 197 g/mol. The highest BCUT2D eigenvalue weighted by atomic mass is 16.5. The molecule has 0 aliphatic heterocycles. The van der Waals surface area contributed by atoms with Gasteiger partial charge in [0.15, 0.2) is 0 Å². The molecule has 0 saturated carbocycles. The highest BCUT2D eigenvalue weighted by Crippen LogP contribution is 2.09. The molecule has 1 aromatic heterocycles. The SMILES string of the molecule is COCCCCn1cncc1[C@@H](C)N. The summed E-state index contributed by atoms with van der Waals surface area (Å²) in [6.45, 7) is 3.77. The first-order valence-corrected chi connectivity index (χ1v) is 5.00. The van der Waals surface area contributed by atoms with Crippen molar-refractivity contribution in [2.75, 3.05) is 13.7 Å². The average Bonchev–Trinajstić information content (AvgIpc) is 2.60. The molecule has 4 heteroatoms. The third-order valence-electron chi connectivity index (χ3n) is 2.21. The van der Waals surface area contributed by atoms with Crippen LogP contribution in [0.5, 0.6) is 0 Å². The number of hydrogen-bond acceptors (Lipinski definition) is 3. The average molecular weight is 197 g/mol. The topological polar surface area (TPSA) is 53.1 Å². The molecule has 0 aromatic carbocycles. The van der Waals surface area contributed by atoms with Crippen LogP contribution in [0.2, 0.25) is 0 Å². The largest absolute Gasteiger partial charge is 0.385 e. The van der Waals surface area contributed by atoms with Gasteiger partial charge in [-0.15, -0.1) is 0 Å². The van der Waals surface area contributed by atoms with E-state index in [0.717, 1.165) is 31.7 Å². The minimum atomic E-state index is 0.0555. The van der Waals surface area contributed by atoms with Gasteiger partial charge in [0, 0.05) is 32.5 Å². The fraction of sp³-hybridized carbons (Fsp3) is 0.700. The van der Waals surface area contributed by atoms with Gasteiger partial charge in [0.1, 0.15) is 0 Å². The smallest absolute Gasteiger partial charge is 0.0948 e. The maximum absolute atomic E-state index is 5.80. The van der Waals surface area contributed by atoms with Crippen LogP contribution in [0.3, 0.4) is 0 Å². The number of ether oxygens (including phenoxy) is 1. The van der Waals surface area contributed by atoms with Crippen molar-refractivity contribution in [2.24, 2.45) is 5.73 Å². The van der Waals surface area contributed by atoms with E-state index in [1.165, 1.54) is 0 Å². The molecule has 1 rings (SSSR count). The number of unbranched alkanes of at least 4 members (excludes halogenated alkanes) is 1. The minimum absolute atomic E-state index is 0.0555. The third-order valence-corrected chi connectivity index (χ3v) is 2.21. The highest BCUT2D eigenvalue weighted by molar-refractivity contribution is 5.02. The lowest BCUT2D eigenvalue weighted by Crippen LogP contribution is -2.12. The lowest BCUT2D eigenvalue weighted by molar-refractivity contribution is 0.191. The van der Waals surface area contributed by atoms with Crippen LogP contribution in [0.1, 0.15) is 31.5 Å². The van der Waals surface area contributed by atoms with Crippen molar-refractivity contribution in [3.8, 4) is 0 Å². The van der Waals surface area contributed by atoms with Crippen LogP contribution < -0.4 is 5.73 Å². The van der Waals surface area contributed by atoms with E-state index in [-0.39, 0.29) is 6.04 Å². The second-order valence-corrected chi connectivity index (χ2v) is 3.50. The van der Waals surface area contributed by atoms with Crippen molar-refractivity contribution < 1.29 is 4.74 Å². The molecular weight excluding hydrogens is 178 g/mol. The lowest BCUT2D eigenvalue weighted by Gasteiger charge is -2.10. The van der Waals surface area contributed by atoms with E-state index in [2.05, 4.69) is 9.55 Å². The van der Waals surface area contributed by atoms with Gasteiger partial charge in [-0.2, -0.15) is 0 Å². The van der Waals surface area contributed by atoms with Crippen molar-refractivity contribution >= 4 is 0 Å². The summed E-state index contributed by atoms with van der Waals surface area (Å²) in [6, 6.07) is 0.0555. The maximum Gasteiger partial charge on any atom is 0.0948 e. The number of imidazole rings is 1. The Morgan fingerprint density at radius 1 is 1.57 bits per heavy atom. The first kappa shape index (κ1) is 11.2. The van der Waals surface area contributed by atoms with Crippen LogP contribution in [-0.2, 0) is 11.3 Å². The zero-order valence-electron chi connectivity index (χ0n) is 8.94. The molecule has 0 spiro atoms. The Morgan fingerprint density at radius 2 is 2.36 bits per heavy atom. The number of methoxy groups -OCH3 is 1. The molecule has 80 valence electrons. The molecule has 0 amide bonds. The predicted octanol–water partition coefficient (Wildman–Crippen LogP) is 1.33. The quantitative estimate of drug-likeness (QED) is 0.700. The number of nitrogens with zero attached hydrogens (tertiary/aromatic N) is 2. The van der Waals surface area contributed by atoms with Crippen LogP contribution in [-0.4, -0.2) is 23.3 Å². The van der Waals surface area contributed by atoms with E-state index in [0.29, 0.717) is 0 Å². The molecule has 0 saturated heterocycles. The van der Waals surface area contributed by atoms with Gasteiger partial charge in [0.2, 0.25) is 0 Å². The van der Waals surface area contributed by atoms with Gasteiger partial charge in [-0.1, -0.05) is 0 Å². The molecule has 0 radical (unpaired) electrons. The normalized spacial score (nSPS) is 13.1. The van der Waals surface area contributed by atoms with E-state index in [4.69, 9.17) is 10.5 Å². The van der Waals surface area contributed by atoms with Gasteiger partial charge in [0.05, 0.1) is 12.0 Å². The van der Waals surface area contributed by atoms with Crippen molar-refractivity contribution in [3.05, 3.63) is 18.2 Å². The van der Waals surface area contributed by atoms with Gasteiger partial charge in [0.25, 0.3) is 0 Å². The number of hydrogen-bond donors (Lipinski definition) is 1. The first-order chi connectivity index (χ1) is 6.75. The number of nitrogens with two attached hydrogens (primary N) is 1. The summed E-state index contributed by atoms with van der Waals surface area (Å²) in [4.78, 5) is 4.09. The fourth-order valence-electron chi connectivity index (χ4n) is 1.43. The molecule has 0 unspecified atom stereocenters. The van der Waals surface area contributed by atoms with E-state index < -0.39 is 0 Å². The summed E-state index contributed by atoms with van der Waals surface area (Å²) in [7, 11) is 1.73. The van der Waals surface area contributed by atoms with Crippen molar-refractivity contribution in [1.29, 1.82) is 0 Å². The van der Waals surface area contributed by atoms with Crippen molar-refractivity contribution in [3.63, 3.8) is 0 Å². The maximum atomic E-state index is 5.80. The molecule has 0 aliphatic rings. The molecule has 4 nitrogen and oxygen atoms in total. The van der Waals surface area contributed by atoms with Crippen LogP contribution in [0.15, 0.2) is 12.5 Å². The van der Waals surface area contributed by atoms with Gasteiger partial charge in [-0.25, -0.2) is 4.98 Å². The van der Waals surface area contributed by atoms with Crippen LogP contribution >= 0.6 is 0 Å². The Bertz CT molecular complexity index is 258. The molecule has 1 aromatic rings. The van der Waals surface area contributed by atoms with Gasteiger partial charge < -0.3 is 15.0 Å². The number of aromatic nitrogens is 2. The Morgan fingerprint density at radius 3 is 3.00 bits per heavy atom. The number of rotatable bonds is 6. The molecule has 0 aliphatic carbocycles. The second-order valence-electron chi connectivity index (χ2n) is 3.50. The minimum Gasteiger partial charge on any atom is -0.385 e. The Balaban J connectivity index is 2.38. The van der Waals surface area contributed by atoms with Gasteiger partial charge in [-0.3, -0.25) is 0 Å². The summed E-state index contributed by atoms with van der Waals surface area (Å²) < 4.78 is 7.10. The van der Waals surface area contributed by atoms with Crippen molar-refractivity contribution in [2.45, 2.75) is 32.4 Å². The number of aryl methyl sites for hydroxylation is 1. The molecule has 1 atom stereocenters. The third kappa shape index (κ3) is 3.12. The van der Waals surface area contributed by atoms with Crippen LogP contribution in [0.25, 0.3) is 0 Å². The Labute approximate surface area is 85.1 Å². The highest BCUT2D eigenvalue weighted by Gasteiger charge is 2.05. The van der Waals surface area contributed by atoms with E-state index in [9.17, 15) is 0 Å². The first-order valence-electron chi connectivity index (χ1n) is 5.00. The van der Waals surface area contributed by atoms with Gasteiger partial charge in [-0.05, 0) is 19.8 Å². The van der Waals surface area contributed by atoms with E-state index in [1.54, 1.807) is 7.11 Å². The standard InChI is InChI=1S/C10H19N3O/c1-9(11)10-7-12-8-13(10)5-3-4-6-14-2/h7-9H,3-6,11H2,1-2H3/t9-/m1/s1. The van der Waals surface area contributed by atoms with E-state index in [1.807, 2.05) is 19.4 Å². The zero-order valence-corrected chi connectivity index (χ0v) is 8.94. The Kier molecular flexibility index (Phi) is 4.62. The van der Waals surface area contributed by atoms with Crippen LogP contribution in [0, 0.1) is 0 Å².